The molecule has 2 aromatic rings. The predicted molar refractivity (Wildman–Crippen MR) is 164 cm³/mol. The molecule has 5 aliphatic rings. The van der Waals surface area contributed by atoms with Crippen LogP contribution in [0.25, 0.3) is 0 Å². The molecule has 244 valence electrons. The minimum atomic E-state index is -4.63. The number of aliphatic imine (C=N–C) groups is 1. The third-order valence-corrected chi connectivity index (χ3v) is 10.8. The number of hydrogen-bond acceptors (Lipinski definition) is 6. The van der Waals surface area contributed by atoms with Crippen molar-refractivity contribution in [3.63, 3.8) is 0 Å². The van der Waals surface area contributed by atoms with Gasteiger partial charge in [-0.05, 0) is 80.5 Å². The van der Waals surface area contributed by atoms with E-state index in [-0.39, 0.29) is 67.8 Å². The first-order chi connectivity index (χ1) is 21.3. The number of piperidine rings is 1. The topological polar surface area (TPSA) is 108 Å². The maximum Gasteiger partial charge on any atom is 0.416 e. The molecule has 1 fully saturated rings. The van der Waals surface area contributed by atoms with Gasteiger partial charge in [0.1, 0.15) is 17.1 Å². The van der Waals surface area contributed by atoms with Crippen LogP contribution < -0.4 is 10.1 Å². The van der Waals surface area contributed by atoms with Crippen molar-refractivity contribution in [1.29, 1.82) is 0 Å². The van der Waals surface area contributed by atoms with E-state index in [1.54, 1.807) is 24.1 Å². The van der Waals surface area contributed by atoms with Crippen LogP contribution in [-0.2, 0) is 27.4 Å². The van der Waals surface area contributed by atoms with Gasteiger partial charge in [0.15, 0.2) is 0 Å². The quantitative estimate of drug-likeness (QED) is 0.445. The van der Waals surface area contributed by atoms with E-state index < -0.39 is 33.2 Å². The highest BCUT2D eigenvalue weighted by molar-refractivity contribution is 7.89. The fourth-order valence-electron chi connectivity index (χ4n) is 6.08. The van der Waals surface area contributed by atoms with E-state index in [9.17, 15) is 31.2 Å². The van der Waals surface area contributed by atoms with Gasteiger partial charge in [-0.3, -0.25) is 14.6 Å². The summed E-state index contributed by atoms with van der Waals surface area (Å²) in [6, 6.07) is 8.67. The number of nitrogens with zero attached hydrogens (tertiary/aromatic N) is 3. The number of hydrogen-bond donors (Lipinski definition) is 1. The van der Waals surface area contributed by atoms with E-state index in [0.29, 0.717) is 18.5 Å². The van der Waals surface area contributed by atoms with E-state index >= 15 is 0 Å². The summed E-state index contributed by atoms with van der Waals surface area (Å²) in [6.45, 7) is 2.79. The van der Waals surface area contributed by atoms with Gasteiger partial charge in [-0.15, -0.1) is 0 Å². The number of alkyl halides is 3. The molecule has 1 spiro atoms. The number of halogens is 3. The van der Waals surface area contributed by atoms with Crippen molar-refractivity contribution in [2.24, 2.45) is 4.99 Å². The number of sulfonamides is 1. The summed E-state index contributed by atoms with van der Waals surface area (Å²) < 4.78 is 75.0. The smallest absolute Gasteiger partial charge is 0.416 e. The molecule has 0 atom stereocenters. The fourth-order valence-corrected chi connectivity index (χ4v) is 7.56. The Morgan fingerprint density at radius 2 is 1.64 bits per heavy atom. The largest absolute Gasteiger partial charge is 0.494 e. The highest BCUT2D eigenvalue weighted by Gasteiger charge is 2.47. The van der Waals surface area contributed by atoms with Crippen molar-refractivity contribution in [2.45, 2.75) is 70.0 Å². The van der Waals surface area contributed by atoms with Crippen molar-refractivity contribution in [2.75, 3.05) is 39.0 Å². The lowest BCUT2D eigenvalue weighted by Crippen LogP contribution is -2.50. The van der Waals surface area contributed by atoms with E-state index in [1.807, 2.05) is 13.0 Å². The summed E-state index contributed by atoms with van der Waals surface area (Å²) in [4.78, 5) is 32.4. The number of carbonyl (C=O) groups is 2. The molecule has 0 radical (unpaired) electrons. The van der Waals surface area contributed by atoms with Crippen LogP contribution in [0.15, 0.2) is 41.4 Å². The Morgan fingerprint density at radius 1 is 0.933 bits per heavy atom. The molecule has 9 nitrogen and oxygen atoms in total. The maximum absolute atomic E-state index is 13.8. The molecule has 0 unspecified atom stereocenters. The molecule has 2 aromatic carbocycles. The van der Waals surface area contributed by atoms with Crippen molar-refractivity contribution in [1.82, 2.24) is 14.5 Å². The summed E-state index contributed by atoms with van der Waals surface area (Å²) in [5, 5.41) is 2.65. The third-order valence-electron chi connectivity index (χ3n) is 8.90. The molecule has 0 aromatic heterocycles. The molecule has 2 amide bonds. The third kappa shape index (κ3) is 7.51. The Labute approximate surface area is 261 Å². The summed E-state index contributed by atoms with van der Waals surface area (Å²) >= 11 is 0. The van der Waals surface area contributed by atoms with Gasteiger partial charge in [0.05, 0.1) is 17.9 Å². The first-order valence-corrected chi connectivity index (χ1v) is 17.0. The number of amidine groups is 1. The number of aryl methyl sites for hydroxylation is 2. The van der Waals surface area contributed by atoms with Gasteiger partial charge >= 0.3 is 6.18 Å². The first kappa shape index (κ1) is 32.9. The first-order valence-electron chi connectivity index (χ1n) is 15.4. The number of amides is 2. The van der Waals surface area contributed by atoms with Crippen LogP contribution in [0.1, 0.15) is 77.6 Å². The Morgan fingerprint density at radius 3 is 2.36 bits per heavy atom. The summed E-state index contributed by atoms with van der Waals surface area (Å²) in [5.41, 5.74) is 0.142. The fraction of sp³-hybridized carbons (Fsp3) is 0.531. The van der Waals surface area contributed by atoms with Gasteiger partial charge in [-0.1, -0.05) is 25.3 Å². The number of rotatable bonds is 0. The lowest BCUT2D eigenvalue weighted by molar-refractivity contribution is -0.137. The molecule has 1 N–H and O–H groups in total. The van der Waals surface area contributed by atoms with Gasteiger partial charge in [0, 0.05) is 37.8 Å². The number of carbonyl (C=O) groups excluding carboxylic acids is 2. The predicted octanol–water partition coefficient (Wildman–Crippen LogP) is 4.71. The zero-order valence-electron chi connectivity index (χ0n) is 25.6. The van der Waals surface area contributed by atoms with Gasteiger partial charge in [0.25, 0.3) is 11.8 Å². The summed E-state index contributed by atoms with van der Waals surface area (Å²) in [7, 11) is -1.91. The van der Waals surface area contributed by atoms with E-state index in [1.165, 1.54) is 10.4 Å². The van der Waals surface area contributed by atoms with Crippen LogP contribution in [0.4, 0.5) is 13.2 Å². The minimum Gasteiger partial charge on any atom is -0.494 e. The highest BCUT2D eigenvalue weighted by atomic mass is 32.2. The zero-order chi connectivity index (χ0) is 32.4. The molecular weight excluding hydrogens is 609 g/mol. The van der Waals surface area contributed by atoms with E-state index in [0.717, 1.165) is 48.9 Å². The Bertz CT molecular complexity index is 1580. The highest BCUT2D eigenvalue weighted by Crippen LogP contribution is 2.36. The second-order valence-electron chi connectivity index (χ2n) is 12.1. The van der Waals surface area contributed by atoms with Crippen molar-refractivity contribution in [3.8, 4) is 5.75 Å². The Balaban J connectivity index is 1.39. The normalized spacial score (nSPS) is 25.0. The second kappa shape index (κ2) is 13.1. The Kier molecular flexibility index (Phi) is 9.60. The van der Waals surface area contributed by atoms with Crippen LogP contribution in [-0.4, -0.2) is 79.9 Å². The van der Waals surface area contributed by atoms with Crippen LogP contribution in [0, 0.1) is 6.92 Å². The number of ether oxygens (including phenoxy) is 1. The van der Waals surface area contributed by atoms with Crippen molar-refractivity contribution in [3.05, 3.63) is 64.2 Å². The maximum atomic E-state index is 13.8. The van der Waals surface area contributed by atoms with Gasteiger partial charge in [-0.25, -0.2) is 12.7 Å². The van der Waals surface area contributed by atoms with Crippen LogP contribution in [0.5, 0.6) is 5.75 Å². The van der Waals surface area contributed by atoms with E-state index in [4.69, 9.17) is 4.74 Å². The minimum absolute atomic E-state index is 0.0241. The monoisotopic (exact) mass is 648 g/mol. The second-order valence-corrected chi connectivity index (χ2v) is 14.2. The van der Waals surface area contributed by atoms with Gasteiger partial charge < -0.3 is 15.0 Å². The lowest BCUT2D eigenvalue weighted by atomic mass is 9.89. The van der Waals surface area contributed by atoms with Crippen LogP contribution in [0.2, 0.25) is 0 Å². The van der Waals surface area contributed by atoms with Crippen LogP contribution in [0.3, 0.4) is 0 Å². The van der Waals surface area contributed by atoms with Crippen molar-refractivity contribution >= 4 is 27.7 Å². The molecule has 0 aliphatic carbocycles. The summed E-state index contributed by atoms with van der Waals surface area (Å²) in [5.74, 6) is -0.638. The number of fused-ring (bicyclic) bond motifs is 2. The molecular formula is C32H39F3N4O5S. The SMILES string of the molecule is Cc1cc2ccc1CCS(=O)(=O)N1CCC3(CC1)N=C(NC3=O)c1cc(cc(C(F)(F)F)c1)OCCCCCCCN(C)C2=O. The average molecular weight is 649 g/mol. The zero-order valence-corrected chi connectivity index (χ0v) is 26.4. The number of nitrogens with one attached hydrogen (secondary N) is 1. The molecule has 7 bridgehead atoms. The van der Waals surface area contributed by atoms with Crippen LogP contribution >= 0.6 is 0 Å². The average Bonchev–Trinajstić information content (AvgIpc) is 3.31. The Hall–Kier alpha value is -3.45. The molecule has 1 saturated heterocycles. The molecule has 5 heterocycles. The van der Waals surface area contributed by atoms with E-state index in [2.05, 4.69) is 10.3 Å². The molecule has 45 heavy (non-hydrogen) atoms. The van der Waals surface area contributed by atoms with Gasteiger partial charge in [0.2, 0.25) is 10.0 Å². The van der Waals surface area contributed by atoms with Gasteiger partial charge in [-0.2, -0.15) is 13.2 Å². The molecule has 13 heteroatoms. The number of benzene rings is 2. The standard InChI is InChI=1S/C32H39F3N4O5S/c1-22-18-24-9-8-23(22)10-17-45(42,43)39-14-11-31(12-15-39)30(41)36-28(37-31)25-19-26(32(33,34)35)21-27(20-25)44-16-7-5-3-4-6-13-38(2)29(24)40/h8-9,18-21H,3-7,10-17H2,1-2H3,(H,36,37,41). The summed E-state index contributed by atoms with van der Waals surface area (Å²) in [6.07, 6.45) is -0.114. The molecule has 0 saturated carbocycles. The van der Waals surface area contributed by atoms with Crippen molar-refractivity contribution < 1.29 is 35.9 Å². The molecule has 7 rings (SSSR count). The molecule has 5 aliphatic heterocycles. The lowest BCUT2D eigenvalue weighted by Gasteiger charge is -2.34.